The second kappa shape index (κ2) is 7.13. The van der Waals surface area contributed by atoms with Crippen LogP contribution in [0, 0.1) is 0 Å². The Kier molecular flexibility index (Phi) is 5.82. The molecule has 0 aliphatic rings. The maximum Gasteiger partial charge on any atom is -0.00258 e. The molecular weight excluding hydrogens is 228 g/mol. The summed E-state index contributed by atoms with van der Waals surface area (Å²) in [6.07, 6.45) is 1.02. The van der Waals surface area contributed by atoms with Crippen LogP contribution in [-0.2, 0) is 11.8 Å². The van der Waals surface area contributed by atoms with Crippen molar-refractivity contribution in [2.75, 3.05) is 0 Å². The van der Waals surface area contributed by atoms with Gasteiger partial charge in [-0.15, -0.1) is 0 Å². The molecule has 0 aliphatic carbocycles. The number of hydrogen-bond donors (Lipinski definition) is 0. The van der Waals surface area contributed by atoms with Crippen LogP contribution in [0.2, 0.25) is 0 Å². The van der Waals surface area contributed by atoms with Crippen molar-refractivity contribution >= 4 is 0 Å². The standard InChI is InChI=1S/C17H20.C2H6/c1-17(2,3)16-11-9-15(10-12-16)13-14-7-5-4-6-8-14;1-2/h4-12H,13H2,1-3H3;1-2H3. The van der Waals surface area contributed by atoms with Crippen LogP contribution < -0.4 is 0 Å². The predicted molar refractivity (Wildman–Crippen MR) is 85.7 cm³/mol. The molecule has 2 aromatic rings. The minimum absolute atomic E-state index is 0.241. The summed E-state index contributed by atoms with van der Waals surface area (Å²) >= 11 is 0. The van der Waals surface area contributed by atoms with Gasteiger partial charge in [-0.1, -0.05) is 89.2 Å². The maximum absolute atomic E-state index is 2.25. The van der Waals surface area contributed by atoms with E-state index in [1.807, 2.05) is 13.8 Å². The summed E-state index contributed by atoms with van der Waals surface area (Å²) in [4.78, 5) is 0. The van der Waals surface area contributed by atoms with E-state index >= 15 is 0 Å². The Morgan fingerprint density at radius 1 is 0.684 bits per heavy atom. The molecule has 0 saturated heterocycles. The Hall–Kier alpha value is -1.56. The molecule has 0 nitrogen and oxygen atoms in total. The topological polar surface area (TPSA) is 0 Å². The molecule has 102 valence electrons. The van der Waals surface area contributed by atoms with Crippen molar-refractivity contribution in [3.63, 3.8) is 0 Å². The second-order valence-electron chi connectivity index (χ2n) is 5.61. The first-order chi connectivity index (χ1) is 9.05. The zero-order valence-electron chi connectivity index (χ0n) is 12.9. The monoisotopic (exact) mass is 254 g/mol. The fourth-order valence-corrected chi connectivity index (χ4v) is 1.95. The third-order valence-electron chi connectivity index (χ3n) is 3.07. The Bertz CT molecular complexity index is 458. The smallest absolute Gasteiger partial charge is 0.00258 e. The lowest BCUT2D eigenvalue weighted by atomic mass is 9.86. The van der Waals surface area contributed by atoms with Crippen molar-refractivity contribution in [1.29, 1.82) is 0 Å². The van der Waals surface area contributed by atoms with Gasteiger partial charge < -0.3 is 0 Å². The number of hydrogen-bond acceptors (Lipinski definition) is 0. The molecule has 19 heavy (non-hydrogen) atoms. The van der Waals surface area contributed by atoms with Crippen LogP contribution in [-0.4, -0.2) is 0 Å². The van der Waals surface area contributed by atoms with Gasteiger partial charge in [0.05, 0.1) is 0 Å². The van der Waals surface area contributed by atoms with E-state index < -0.39 is 0 Å². The van der Waals surface area contributed by atoms with Gasteiger partial charge in [-0.25, -0.2) is 0 Å². The van der Waals surface area contributed by atoms with E-state index in [1.165, 1.54) is 16.7 Å². The lowest BCUT2D eigenvalue weighted by Gasteiger charge is -2.19. The molecule has 0 spiro atoms. The van der Waals surface area contributed by atoms with Crippen LogP contribution in [0.15, 0.2) is 54.6 Å². The van der Waals surface area contributed by atoms with Gasteiger partial charge in [0.1, 0.15) is 0 Å². The predicted octanol–water partition coefficient (Wildman–Crippen LogP) is 5.60. The molecule has 0 radical (unpaired) electrons. The molecule has 0 heterocycles. The summed E-state index contributed by atoms with van der Waals surface area (Å²) < 4.78 is 0. The Balaban J connectivity index is 0.000000861. The van der Waals surface area contributed by atoms with E-state index in [9.17, 15) is 0 Å². The zero-order chi connectivity index (χ0) is 14.3. The highest BCUT2D eigenvalue weighted by molar-refractivity contribution is 5.31. The minimum atomic E-state index is 0.241. The molecule has 0 unspecified atom stereocenters. The first-order valence-corrected chi connectivity index (χ1v) is 7.19. The van der Waals surface area contributed by atoms with Crippen molar-refractivity contribution in [1.82, 2.24) is 0 Å². The second-order valence-corrected chi connectivity index (χ2v) is 5.61. The van der Waals surface area contributed by atoms with Crippen molar-refractivity contribution < 1.29 is 0 Å². The quantitative estimate of drug-likeness (QED) is 0.654. The van der Waals surface area contributed by atoms with Crippen LogP contribution in [0.5, 0.6) is 0 Å². The third kappa shape index (κ3) is 4.90. The van der Waals surface area contributed by atoms with E-state index in [-0.39, 0.29) is 5.41 Å². The van der Waals surface area contributed by atoms with Gasteiger partial charge >= 0.3 is 0 Å². The van der Waals surface area contributed by atoms with Gasteiger partial charge in [0, 0.05) is 0 Å². The molecule has 0 aromatic heterocycles. The Labute approximate surface area is 118 Å². The molecule has 0 heteroatoms. The summed E-state index contributed by atoms with van der Waals surface area (Å²) in [6, 6.07) is 19.6. The summed E-state index contributed by atoms with van der Waals surface area (Å²) in [6.45, 7) is 10.7. The normalized spacial score (nSPS) is 10.6. The first-order valence-electron chi connectivity index (χ1n) is 7.19. The molecule has 0 amide bonds. The van der Waals surface area contributed by atoms with Gasteiger partial charge in [0.2, 0.25) is 0 Å². The van der Waals surface area contributed by atoms with Gasteiger partial charge in [-0.2, -0.15) is 0 Å². The molecule has 0 fully saturated rings. The Morgan fingerprint density at radius 3 is 1.63 bits per heavy atom. The van der Waals surface area contributed by atoms with Crippen LogP contribution in [0.3, 0.4) is 0 Å². The Morgan fingerprint density at radius 2 is 1.16 bits per heavy atom. The SMILES string of the molecule is CC.CC(C)(C)c1ccc(Cc2ccccc2)cc1. The largest absolute Gasteiger partial charge is 0.0683 e. The van der Waals surface area contributed by atoms with E-state index in [2.05, 4.69) is 75.4 Å². The fraction of sp³-hybridized carbons (Fsp3) is 0.368. The summed E-state index contributed by atoms with van der Waals surface area (Å²) in [5.74, 6) is 0. The average Bonchev–Trinajstić information content (AvgIpc) is 2.42. The van der Waals surface area contributed by atoms with Crippen molar-refractivity contribution in [3.05, 3.63) is 71.3 Å². The molecule has 2 rings (SSSR count). The van der Waals surface area contributed by atoms with Crippen LogP contribution in [0.1, 0.15) is 51.3 Å². The van der Waals surface area contributed by atoms with Gasteiger partial charge in [0.15, 0.2) is 0 Å². The summed E-state index contributed by atoms with van der Waals surface area (Å²) in [7, 11) is 0. The molecule has 0 N–H and O–H groups in total. The van der Waals surface area contributed by atoms with E-state index in [1.54, 1.807) is 0 Å². The van der Waals surface area contributed by atoms with Crippen molar-refractivity contribution in [2.24, 2.45) is 0 Å². The average molecular weight is 254 g/mol. The van der Waals surface area contributed by atoms with Crippen molar-refractivity contribution in [2.45, 2.75) is 46.5 Å². The maximum atomic E-state index is 2.25. The van der Waals surface area contributed by atoms with Gasteiger partial charge in [-0.05, 0) is 28.5 Å². The number of rotatable bonds is 2. The van der Waals surface area contributed by atoms with Crippen LogP contribution >= 0.6 is 0 Å². The van der Waals surface area contributed by atoms with E-state index in [0.29, 0.717) is 0 Å². The van der Waals surface area contributed by atoms with E-state index in [4.69, 9.17) is 0 Å². The van der Waals surface area contributed by atoms with Gasteiger partial charge in [-0.3, -0.25) is 0 Å². The molecule has 0 atom stereocenters. The van der Waals surface area contributed by atoms with Gasteiger partial charge in [0.25, 0.3) is 0 Å². The zero-order valence-corrected chi connectivity index (χ0v) is 12.9. The molecule has 0 bridgehead atoms. The molecule has 0 aliphatic heterocycles. The molecular formula is C19H26. The lowest BCUT2D eigenvalue weighted by Crippen LogP contribution is -2.10. The summed E-state index contributed by atoms with van der Waals surface area (Å²) in [5, 5.41) is 0. The highest BCUT2D eigenvalue weighted by Gasteiger charge is 2.12. The van der Waals surface area contributed by atoms with Crippen LogP contribution in [0.25, 0.3) is 0 Å². The molecule has 2 aromatic carbocycles. The highest BCUT2D eigenvalue weighted by Crippen LogP contribution is 2.22. The fourth-order valence-electron chi connectivity index (χ4n) is 1.95. The van der Waals surface area contributed by atoms with Crippen LogP contribution in [0.4, 0.5) is 0 Å². The van der Waals surface area contributed by atoms with E-state index in [0.717, 1.165) is 6.42 Å². The third-order valence-corrected chi connectivity index (χ3v) is 3.07. The summed E-state index contributed by atoms with van der Waals surface area (Å²) in [5.41, 5.74) is 4.39. The minimum Gasteiger partial charge on any atom is -0.0683 e. The molecule has 0 saturated carbocycles. The first kappa shape index (κ1) is 15.5. The lowest BCUT2D eigenvalue weighted by molar-refractivity contribution is 0.590. The highest BCUT2D eigenvalue weighted by atomic mass is 14.2. The number of benzene rings is 2. The van der Waals surface area contributed by atoms with Crippen molar-refractivity contribution in [3.8, 4) is 0 Å².